The molecule has 1 aromatic carbocycles. The maximum Gasteiger partial charge on any atom is 0.118 e. The SMILES string of the molecule is COc1ccc(CC(CCl)CCCC(C)(C)C)cc1. The lowest BCUT2D eigenvalue weighted by Gasteiger charge is -2.20. The van der Waals surface area contributed by atoms with Crippen molar-refractivity contribution >= 4 is 11.6 Å². The van der Waals surface area contributed by atoms with Gasteiger partial charge in [0.2, 0.25) is 0 Å². The number of alkyl halides is 1. The summed E-state index contributed by atoms with van der Waals surface area (Å²) in [6.45, 7) is 6.89. The molecule has 0 saturated carbocycles. The van der Waals surface area contributed by atoms with Gasteiger partial charge in [-0.1, -0.05) is 39.3 Å². The summed E-state index contributed by atoms with van der Waals surface area (Å²) in [5, 5.41) is 0. The molecule has 0 aromatic heterocycles. The van der Waals surface area contributed by atoms with E-state index >= 15 is 0 Å². The largest absolute Gasteiger partial charge is 0.497 e. The summed E-state index contributed by atoms with van der Waals surface area (Å²) in [7, 11) is 1.70. The van der Waals surface area contributed by atoms with Crippen LogP contribution in [0.4, 0.5) is 0 Å². The minimum Gasteiger partial charge on any atom is -0.497 e. The van der Waals surface area contributed by atoms with Crippen LogP contribution in [0.25, 0.3) is 0 Å². The Morgan fingerprint density at radius 1 is 1.16 bits per heavy atom. The molecule has 1 rings (SSSR count). The second-order valence-corrected chi connectivity index (χ2v) is 6.83. The fraction of sp³-hybridized carbons (Fsp3) is 0.647. The van der Waals surface area contributed by atoms with Crippen LogP contribution in [0, 0.1) is 11.3 Å². The van der Waals surface area contributed by atoms with Gasteiger partial charge in [0.05, 0.1) is 7.11 Å². The van der Waals surface area contributed by atoms with Crippen molar-refractivity contribution in [2.75, 3.05) is 13.0 Å². The fourth-order valence-electron chi connectivity index (χ4n) is 2.25. The van der Waals surface area contributed by atoms with Crippen LogP contribution in [0.1, 0.15) is 45.6 Å². The second-order valence-electron chi connectivity index (χ2n) is 6.53. The third kappa shape index (κ3) is 6.87. The molecule has 108 valence electrons. The van der Waals surface area contributed by atoms with Gasteiger partial charge in [0, 0.05) is 5.88 Å². The number of methoxy groups -OCH3 is 1. The normalized spacial score (nSPS) is 13.3. The zero-order chi connectivity index (χ0) is 14.3. The lowest BCUT2D eigenvalue weighted by molar-refractivity contribution is 0.343. The summed E-state index contributed by atoms with van der Waals surface area (Å²) in [6, 6.07) is 8.33. The monoisotopic (exact) mass is 282 g/mol. The van der Waals surface area contributed by atoms with Crippen LogP contribution >= 0.6 is 11.6 Å². The molecule has 1 nitrogen and oxygen atoms in total. The van der Waals surface area contributed by atoms with Gasteiger partial charge < -0.3 is 4.74 Å². The standard InChI is InChI=1S/C17H27ClO/c1-17(2,3)11-5-6-15(13-18)12-14-7-9-16(19-4)10-8-14/h7-10,15H,5-6,11-13H2,1-4H3. The molecule has 1 atom stereocenters. The zero-order valence-corrected chi connectivity index (χ0v) is 13.5. The average molecular weight is 283 g/mol. The highest BCUT2D eigenvalue weighted by Gasteiger charge is 2.13. The Hall–Kier alpha value is -0.690. The molecule has 0 saturated heterocycles. The molecular weight excluding hydrogens is 256 g/mol. The molecule has 0 aliphatic rings. The van der Waals surface area contributed by atoms with Gasteiger partial charge in [0.15, 0.2) is 0 Å². The first-order chi connectivity index (χ1) is 8.94. The Morgan fingerprint density at radius 2 is 1.79 bits per heavy atom. The zero-order valence-electron chi connectivity index (χ0n) is 12.7. The Balaban J connectivity index is 2.42. The van der Waals surface area contributed by atoms with Gasteiger partial charge in [0.1, 0.15) is 5.75 Å². The topological polar surface area (TPSA) is 9.23 Å². The highest BCUT2D eigenvalue weighted by molar-refractivity contribution is 6.18. The van der Waals surface area contributed by atoms with Crippen molar-refractivity contribution in [1.29, 1.82) is 0 Å². The lowest BCUT2D eigenvalue weighted by atomic mass is 9.87. The maximum absolute atomic E-state index is 6.10. The second kappa shape index (κ2) is 7.79. The van der Waals surface area contributed by atoms with Gasteiger partial charge in [-0.2, -0.15) is 0 Å². The van der Waals surface area contributed by atoms with Crippen molar-refractivity contribution in [3.8, 4) is 5.75 Å². The van der Waals surface area contributed by atoms with E-state index in [9.17, 15) is 0 Å². The minimum absolute atomic E-state index is 0.428. The molecule has 1 aromatic rings. The van der Waals surface area contributed by atoms with Crippen LogP contribution in [0.2, 0.25) is 0 Å². The third-order valence-electron chi connectivity index (χ3n) is 3.44. The Labute approximate surface area is 123 Å². The van der Waals surface area contributed by atoms with E-state index in [1.165, 1.54) is 24.8 Å². The summed E-state index contributed by atoms with van der Waals surface area (Å²) in [5.74, 6) is 2.24. The van der Waals surface area contributed by atoms with Gasteiger partial charge in [-0.15, -0.1) is 11.6 Å². The van der Waals surface area contributed by atoms with Gasteiger partial charge in [-0.25, -0.2) is 0 Å². The van der Waals surface area contributed by atoms with Crippen LogP contribution in [-0.4, -0.2) is 13.0 Å². The van der Waals surface area contributed by atoms with Crippen molar-refractivity contribution in [3.05, 3.63) is 29.8 Å². The number of rotatable bonds is 7. The van der Waals surface area contributed by atoms with Crippen LogP contribution in [0.15, 0.2) is 24.3 Å². The van der Waals surface area contributed by atoms with Crippen LogP contribution in [0.3, 0.4) is 0 Å². The minimum atomic E-state index is 0.428. The van der Waals surface area contributed by atoms with Gasteiger partial charge in [-0.3, -0.25) is 0 Å². The highest BCUT2D eigenvalue weighted by Crippen LogP contribution is 2.25. The van der Waals surface area contributed by atoms with Crippen molar-refractivity contribution in [2.45, 2.75) is 46.5 Å². The van der Waals surface area contributed by atoms with Crippen molar-refractivity contribution < 1.29 is 4.74 Å². The molecule has 0 aliphatic carbocycles. The van der Waals surface area contributed by atoms with E-state index in [0.29, 0.717) is 11.3 Å². The Kier molecular flexibility index (Phi) is 6.71. The Morgan fingerprint density at radius 3 is 2.26 bits per heavy atom. The third-order valence-corrected chi connectivity index (χ3v) is 3.88. The summed E-state index contributed by atoms with van der Waals surface area (Å²) >= 11 is 6.10. The van der Waals surface area contributed by atoms with Crippen molar-refractivity contribution in [3.63, 3.8) is 0 Å². The van der Waals surface area contributed by atoms with E-state index in [1.807, 2.05) is 12.1 Å². The molecule has 0 bridgehead atoms. The predicted molar refractivity (Wildman–Crippen MR) is 84.2 cm³/mol. The maximum atomic E-state index is 6.10. The first kappa shape index (κ1) is 16.4. The van der Waals surface area contributed by atoms with Gasteiger partial charge >= 0.3 is 0 Å². The first-order valence-corrected chi connectivity index (χ1v) is 7.67. The molecule has 1 unspecified atom stereocenters. The lowest BCUT2D eigenvalue weighted by Crippen LogP contribution is -2.10. The molecule has 0 aliphatic heterocycles. The molecule has 19 heavy (non-hydrogen) atoms. The average Bonchev–Trinajstić information content (AvgIpc) is 2.37. The molecule has 0 spiro atoms. The molecule has 0 fully saturated rings. The number of ether oxygens (including phenoxy) is 1. The first-order valence-electron chi connectivity index (χ1n) is 7.13. The molecular formula is C17H27ClO. The van der Waals surface area contributed by atoms with E-state index < -0.39 is 0 Å². The summed E-state index contributed by atoms with van der Waals surface area (Å²) in [4.78, 5) is 0. The van der Waals surface area contributed by atoms with Crippen molar-refractivity contribution in [1.82, 2.24) is 0 Å². The molecule has 0 N–H and O–H groups in total. The molecule has 0 radical (unpaired) electrons. The number of benzene rings is 1. The van der Waals surface area contributed by atoms with Gasteiger partial charge in [-0.05, 0) is 48.3 Å². The summed E-state index contributed by atoms with van der Waals surface area (Å²) in [5.41, 5.74) is 1.78. The van der Waals surface area contributed by atoms with Gasteiger partial charge in [0.25, 0.3) is 0 Å². The smallest absolute Gasteiger partial charge is 0.118 e. The van der Waals surface area contributed by atoms with E-state index in [1.54, 1.807) is 7.11 Å². The molecule has 0 amide bonds. The molecule has 2 heteroatoms. The number of hydrogen-bond donors (Lipinski definition) is 0. The van der Waals surface area contributed by atoms with E-state index in [0.717, 1.165) is 18.1 Å². The van der Waals surface area contributed by atoms with Crippen LogP contribution < -0.4 is 4.74 Å². The van der Waals surface area contributed by atoms with E-state index in [2.05, 4.69) is 32.9 Å². The van der Waals surface area contributed by atoms with Crippen LogP contribution in [0.5, 0.6) is 5.75 Å². The molecule has 0 heterocycles. The van der Waals surface area contributed by atoms with E-state index in [4.69, 9.17) is 16.3 Å². The Bertz CT molecular complexity index is 351. The highest BCUT2D eigenvalue weighted by atomic mass is 35.5. The predicted octanol–water partition coefficient (Wildman–Crippen LogP) is 5.31. The summed E-state index contributed by atoms with van der Waals surface area (Å²) < 4.78 is 5.18. The van der Waals surface area contributed by atoms with Crippen LogP contribution in [-0.2, 0) is 6.42 Å². The number of halogens is 1. The van der Waals surface area contributed by atoms with Crippen molar-refractivity contribution in [2.24, 2.45) is 11.3 Å². The number of hydrogen-bond acceptors (Lipinski definition) is 1. The summed E-state index contributed by atoms with van der Waals surface area (Å²) in [6.07, 6.45) is 4.81. The quantitative estimate of drug-likeness (QED) is 0.616. The fourth-order valence-corrected chi connectivity index (χ4v) is 2.51. The van der Waals surface area contributed by atoms with E-state index in [-0.39, 0.29) is 0 Å².